The normalized spacial score (nSPS) is 14.3. The van der Waals surface area contributed by atoms with Crippen LogP contribution in [0.5, 0.6) is 0 Å². The Morgan fingerprint density at radius 2 is 1.92 bits per heavy atom. The summed E-state index contributed by atoms with van der Waals surface area (Å²) in [5.74, 6) is 0.687. The van der Waals surface area contributed by atoms with Crippen LogP contribution >= 0.6 is 0 Å². The van der Waals surface area contributed by atoms with Crippen molar-refractivity contribution < 1.29 is 0 Å². The summed E-state index contributed by atoms with van der Waals surface area (Å²) < 4.78 is 0. The van der Waals surface area contributed by atoms with E-state index in [1.807, 2.05) is 0 Å². The van der Waals surface area contributed by atoms with Crippen LogP contribution in [-0.4, -0.2) is 0 Å². The molecule has 0 saturated heterocycles. The first-order valence-electron chi connectivity index (χ1n) is 5.42. The Hall–Kier alpha value is -0.520. The molecule has 0 nitrogen and oxygen atoms in total. The Balaban J connectivity index is 3.95. The van der Waals surface area contributed by atoms with Crippen molar-refractivity contribution in [1.29, 1.82) is 0 Å². The molecule has 0 aliphatic rings. The number of hydrogen-bond donors (Lipinski definition) is 0. The van der Waals surface area contributed by atoms with E-state index in [9.17, 15) is 0 Å². The lowest BCUT2D eigenvalue weighted by molar-refractivity contribution is 0.600. The van der Waals surface area contributed by atoms with Gasteiger partial charge < -0.3 is 0 Å². The second kappa shape index (κ2) is 6.94. The molecule has 0 radical (unpaired) electrons. The second-order valence-electron chi connectivity index (χ2n) is 3.99. The summed E-state index contributed by atoms with van der Waals surface area (Å²) in [4.78, 5) is 0. The summed E-state index contributed by atoms with van der Waals surface area (Å²) in [7, 11) is 0. The number of rotatable bonds is 6. The van der Waals surface area contributed by atoms with E-state index >= 15 is 0 Å². The molecule has 1 atom stereocenters. The minimum Gasteiger partial charge on any atom is -0.0998 e. The van der Waals surface area contributed by atoms with E-state index < -0.39 is 0 Å². The lowest BCUT2D eigenvalue weighted by Crippen LogP contribution is -1.97. The van der Waals surface area contributed by atoms with Crippen LogP contribution in [0.15, 0.2) is 23.8 Å². The molecule has 0 N–H and O–H groups in total. The quantitative estimate of drug-likeness (QED) is 0.519. The molecule has 0 aromatic rings. The first kappa shape index (κ1) is 12.5. The predicted octanol–water partition coefficient (Wildman–Crippen LogP) is 4.73. The molecule has 0 bridgehead atoms. The van der Waals surface area contributed by atoms with Crippen molar-refractivity contribution in [1.82, 2.24) is 0 Å². The van der Waals surface area contributed by atoms with Crippen LogP contribution in [0.25, 0.3) is 0 Å². The van der Waals surface area contributed by atoms with Crippen molar-refractivity contribution >= 4 is 0 Å². The summed E-state index contributed by atoms with van der Waals surface area (Å²) >= 11 is 0. The van der Waals surface area contributed by atoms with Crippen molar-refractivity contribution in [2.24, 2.45) is 5.92 Å². The van der Waals surface area contributed by atoms with E-state index in [-0.39, 0.29) is 0 Å². The van der Waals surface area contributed by atoms with Crippen LogP contribution < -0.4 is 0 Å². The van der Waals surface area contributed by atoms with Crippen LogP contribution in [0.3, 0.4) is 0 Å². The summed E-state index contributed by atoms with van der Waals surface area (Å²) in [6.45, 7) is 12.9. The summed E-state index contributed by atoms with van der Waals surface area (Å²) in [5.41, 5.74) is 2.85. The largest absolute Gasteiger partial charge is 0.0998 e. The first-order chi connectivity index (χ1) is 6.11. The van der Waals surface area contributed by atoms with Gasteiger partial charge >= 0.3 is 0 Å². The minimum atomic E-state index is 0.687. The van der Waals surface area contributed by atoms with Crippen molar-refractivity contribution in [2.45, 2.75) is 53.4 Å². The van der Waals surface area contributed by atoms with E-state index in [0.717, 1.165) is 0 Å². The average molecular weight is 180 g/mol. The molecular formula is C13H24. The maximum Gasteiger partial charge on any atom is -0.0177 e. The van der Waals surface area contributed by atoms with Crippen LogP contribution in [0.1, 0.15) is 53.4 Å². The van der Waals surface area contributed by atoms with Crippen molar-refractivity contribution in [3.05, 3.63) is 23.8 Å². The number of hydrogen-bond acceptors (Lipinski definition) is 0. The van der Waals surface area contributed by atoms with E-state index in [4.69, 9.17) is 0 Å². The van der Waals surface area contributed by atoms with E-state index in [1.165, 1.54) is 36.8 Å². The molecule has 0 saturated carbocycles. The zero-order valence-corrected chi connectivity index (χ0v) is 9.69. The Kier molecular flexibility index (Phi) is 6.66. The molecule has 1 unspecified atom stereocenters. The van der Waals surface area contributed by atoms with Crippen molar-refractivity contribution in [3.8, 4) is 0 Å². The van der Waals surface area contributed by atoms with Gasteiger partial charge in [0.1, 0.15) is 0 Å². The minimum absolute atomic E-state index is 0.687. The fourth-order valence-electron chi connectivity index (χ4n) is 1.56. The highest BCUT2D eigenvalue weighted by molar-refractivity contribution is 5.04. The molecule has 0 heterocycles. The van der Waals surface area contributed by atoms with Crippen LogP contribution in [0, 0.1) is 5.92 Å². The van der Waals surface area contributed by atoms with E-state index in [0.29, 0.717) is 5.92 Å². The van der Waals surface area contributed by atoms with Gasteiger partial charge in [0.05, 0.1) is 0 Å². The third-order valence-corrected chi connectivity index (χ3v) is 2.58. The molecule has 0 aliphatic heterocycles. The zero-order valence-electron chi connectivity index (χ0n) is 9.69. The van der Waals surface area contributed by atoms with E-state index in [2.05, 4.69) is 40.3 Å². The standard InChI is InChI=1S/C13H24/c1-6-8-12(5)9-10-13(7-2)11(3)4/h9,13H,3,6-8,10H2,1-2,4-5H3/b12-9+. The van der Waals surface area contributed by atoms with Gasteiger partial charge in [0.15, 0.2) is 0 Å². The number of allylic oxidation sites excluding steroid dienone is 3. The van der Waals surface area contributed by atoms with Crippen molar-refractivity contribution in [2.75, 3.05) is 0 Å². The Bertz CT molecular complexity index is 174. The van der Waals surface area contributed by atoms with Gasteiger partial charge in [-0.3, -0.25) is 0 Å². The molecule has 0 rings (SSSR count). The van der Waals surface area contributed by atoms with Gasteiger partial charge in [0, 0.05) is 0 Å². The maximum absolute atomic E-state index is 4.02. The predicted molar refractivity (Wildman–Crippen MR) is 61.9 cm³/mol. The van der Waals surface area contributed by atoms with Gasteiger partial charge in [-0.25, -0.2) is 0 Å². The average Bonchev–Trinajstić information content (AvgIpc) is 2.05. The van der Waals surface area contributed by atoms with Crippen LogP contribution in [-0.2, 0) is 0 Å². The van der Waals surface area contributed by atoms with Crippen LogP contribution in [0.2, 0.25) is 0 Å². The molecule has 0 aliphatic carbocycles. The maximum atomic E-state index is 4.02. The van der Waals surface area contributed by atoms with Gasteiger partial charge in [-0.1, -0.05) is 44.1 Å². The highest BCUT2D eigenvalue weighted by Crippen LogP contribution is 2.19. The molecule has 0 aromatic heterocycles. The second-order valence-corrected chi connectivity index (χ2v) is 3.99. The monoisotopic (exact) mass is 180 g/mol. The lowest BCUT2D eigenvalue weighted by Gasteiger charge is -2.12. The molecule has 0 amide bonds. The van der Waals surface area contributed by atoms with Crippen molar-refractivity contribution in [3.63, 3.8) is 0 Å². The van der Waals surface area contributed by atoms with E-state index in [1.54, 1.807) is 0 Å². The Labute approximate surface area is 83.7 Å². The fraction of sp³-hybridized carbons (Fsp3) is 0.692. The highest BCUT2D eigenvalue weighted by Gasteiger charge is 2.04. The summed E-state index contributed by atoms with van der Waals surface area (Å²) in [6, 6.07) is 0. The Morgan fingerprint density at radius 3 is 2.31 bits per heavy atom. The van der Waals surface area contributed by atoms with Gasteiger partial charge in [-0.2, -0.15) is 0 Å². The molecule has 76 valence electrons. The van der Waals surface area contributed by atoms with Gasteiger partial charge in [-0.15, -0.1) is 0 Å². The van der Waals surface area contributed by atoms with Gasteiger partial charge in [0.2, 0.25) is 0 Å². The smallest absolute Gasteiger partial charge is 0.0177 e. The molecular weight excluding hydrogens is 156 g/mol. The van der Waals surface area contributed by atoms with Gasteiger partial charge in [0.25, 0.3) is 0 Å². The molecule has 13 heavy (non-hydrogen) atoms. The lowest BCUT2D eigenvalue weighted by atomic mass is 9.94. The topological polar surface area (TPSA) is 0 Å². The third kappa shape index (κ3) is 5.68. The molecule has 0 spiro atoms. The summed E-state index contributed by atoms with van der Waals surface area (Å²) in [5, 5.41) is 0. The van der Waals surface area contributed by atoms with Crippen LogP contribution in [0.4, 0.5) is 0 Å². The molecule has 0 fully saturated rings. The summed E-state index contributed by atoms with van der Waals surface area (Å²) in [6.07, 6.45) is 7.27. The third-order valence-electron chi connectivity index (χ3n) is 2.58. The highest BCUT2D eigenvalue weighted by atomic mass is 14.1. The molecule has 0 heteroatoms. The fourth-order valence-corrected chi connectivity index (χ4v) is 1.56. The molecule has 0 aromatic carbocycles. The SMILES string of the molecule is C=C(C)C(CC)C/C=C(\C)CCC. The zero-order chi connectivity index (χ0) is 10.3. The first-order valence-corrected chi connectivity index (χ1v) is 5.42. The van der Waals surface area contributed by atoms with Gasteiger partial charge in [-0.05, 0) is 39.0 Å². The Morgan fingerprint density at radius 1 is 1.31 bits per heavy atom.